The lowest BCUT2D eigenvalue weighted by molar-refractivity contribution is -0.143. The summed E-state index contributed by atoms with van der Waals surface area (Å²) in [5.74, 6) is 4.87. The van der Waals surface area contributed by atoms with Gasteiger partial charge in [-0.3, -0.25) is 10.6 Å². The lowest BCUT2D eigenvalue weighted by Gasteiger charge is -2.22. The molecule has 4 nitrogen and oxygen atoms in total. The number of hydrogen-bond acceptors (Lipinski definition) is 3. The lowest BCUT2D eigenvalue weighted by atomic mass is 10.1. The van der Waals surface area contributed by atoms with Crippen molar-refractivity contribution in [3.63, 3.8) is 0 Å². The van der Waals surface area contributed by atoms with Gasteiger partial charge in [0.15, 0.2) is 0 Å². The van der Waals surface area contributed by atoms with Crippen molar-refractivity contribution in [2.24, 2.45) is 5.84 Å². The van der Waals surface area contributed by atoms with E-state index in [9.17, 15) is 4.79 Å². The maximum atomic E-state index is 10.9. The number of hydrogen-bond donors (Lipinski definition) is 2. The number of carboxylic acid groups (broad SMARTS) is 1. The van der Waals surface area contributed by atoms with Crippen LogP contribution in [0.5, 0.6) is 0 Å². The van der Waals surface area contributed by atoms with Gasteiger partial charge in [0, 0.05) is 6.54 Å². The van der Waals surface area contributed by atoms with Crippen LogP contribution in [0.2, 0.25) is 0 Å². The largest absolute Gasteiger partial charge is 0.480 e. The van der Waals surface area contributed by atoms with Crippen LogP contribution in [0.3, 0.4) is 0 Å². The molecule has 0 aliphatic heterocycles. The van der Waals surface area contributed by atoms with Crippen LogP contribution >= 0.6 is 0 Å². The molecule has 1 unspecified atom stereocenters. The number of nitrogens with two attached hydrogens (primary N) is 1. The van der Waals surface area contributed by atoms with E-state index in [4.69, 9.17) is 10.9 Å². The van der Waals surface area contributed by atoms with E-state index in [-0.39, 0.29) is 0 Å². The topological polar surface area (TPSA) is 66.6 Å². The first-order valence-corrected chi connectivity index (χ1v) is 5.43. The van der Waals surface area contributed by atoms with Crippen molar-refractivity contribution in [1.82, 2.24) is 5.01 Å². The molecule has 16 heavy (non-hydrogen) atoms. The van der Waals surface area contributed by atoms with E-state index in [1.54, 1.807) is 0 Å². The zero-order valence-corrected chi connectivity index (χ0v) is 9.47. The van der Waals surface area contributed by atoms with Gasteiger partial charge >= 0.3 is 5.97 Å². The molecular formula is C12H18N2O2. The van der Waals surface area contributed by atoms with Gasteiger partial charge in [0.05, 0.1) is 0 Å². The first-order chi connectivity index (χ1) is 7.65. The highest BCUT2D eigenvalue weighted by atomic mass is 16.4. The maximum absolute atomic E-state index is 10.9. The standard InChI is InChI=1S/C12H18N2O2/c1-2-11(12(15)16)14(13)9-8-10-6-4-3-5-7-10/h3-7,11H,2,8-9,13H2,1H3,(H,15,16). The molecular weight excluding hydrogens is 204 g/mol. The first-order valence-electron chi connectivity index (χ1n) is 5.43. The van der Waals surface area contributed by atoms with E-state index in [0.717, 1.165) is 12.0 Å². The summed E-state index contributed by atoms with van der Waals surface area (Å²) in [5, 5.41) is 10.3. The van der Waals surface area contributed by atoms with Crippen molar-refractivity contribution >= 4 is 5.97 Å². The van der Waals surface area contributed by atoms with E-state index in [2.05, 4.69) is 0 Å². The molecule has 4 heteroatoms. The molecule has 0 radical (unpaired) electrons. The van der Waals surface area contributed by atoms with Crippen LogP contribution in [-0.4, -0.2) is 28.7 Å². The monoisotopic (exact) mass is 222 g/mol. The lowest BCUT2D eigenvalue weighted by Crippen LogP contribution is -2.46. The van der Waals surface area contributed by atoms with Gasteiger partial charge in [-0.1, -0.05) is 37.3 Å². The average Bonchev–Trinajstić information content (AvgIpc) is 2.28. The van der Waals surface area contributed by atoms with Gasteiger partial charge in [0.25, 0.3) is 0 Å². The third kappa shape index (κ3) is 3.64. The molecule has 0 amide bonds. The van der Waals surface area contributed by atoms with Crippen molar-refractivity contribution in [3.05, 3.63) is 35.9 Å². The summed E-state index contributed by atoms with van der Waals surface area (Å²) < 4.78 is 0. The van der Waals surface area contributed by atoms with Gasteiger partial charge in [-0.05, 0) is 18.4 Å². The number of hydrazine groups is 1. The zero-order chi connectivity index (χ0) is 12.0. The summed E-state index contributed by atoms with van der Waals surface area (Å²) in [6.07, 6.45) is 1.28. The van der Waals surface area contributed by atoms with Crippen molar-refractivity contribution < 1.29 is 9.90 Å². The molecule has 1 rings (SSSR count). The summed E-state index contributed by atoms with van der Waals surface area (Å²) >= 11 is 0. The van der Waals surface area contributed by atoms with Gasteiger partial charge in [-0.15, -0.1) is 0 Å². The summed E-state index contributed by atoms with van der Waals surface area (Å²) in [7, 11) is 0. The molecule has 0 bridgehead atoms. The van der Waals surface area contributed by atoms with Gasteiger partial charge < -0.3 is 5.11 Å². The predicted molar refractivity (Wildman–Crippen MR) is 62.8 cm³/mol. The van der Waals surface area contributed by atoms with Crippen LogP contribution in [0.4, 0.5) is 0 Å². The van der Waals surface area contributed by atoms with Crippen LogP contribution in [0.15, 0.2) is 30.3 Å². The van der Waals surface area contributed by atoms with Crippen molar-refractivity contribution in [2.45, 2.75) is 25.8 Å². The van der Waals surface area contributed by atoms with Crippen LogP contribution < -0.4 is 5.84 Å². The summed E-state index contributed by atoms with van der Waals surface area (Å²) in [4.78, 5) is 10.9. The van der Waals surface area contributed by atoms with Crippen molar-refractivity contribution in [2.75, 3.05) is 6.54 Å². The van der Waals surface area contributed by atoms with Crippen LogP contribution in [-0.2, 0) is 11.2 Å². The summed E-state index contributed by atoms with van der Waals surface area (Å²) in [6, 6.07) is 9.31. The second-order valence-corrected chi connectivity index (χ2v) is 3.74. The molecule has 0 aliphatic carbocycles. The van der Waals surface area contributed by atoms with Crippen LogP contribution in [0, 0.1) is 0 Å². The number of aliphatic carboxylic acids is 1. The molecule has 1 aromatic rings. The van der Waals surface area contributed by atoms with Gasteiger partial charge in [0.1, 0.15) is 6.04 Å². The molecule has 0 aliphatic rings. The van der Waals surface area contributed by atoms with Crippen molar-refractivity contribution in [3.8, 4) is 0 Å². The van der Waals surface area contributed by atoms with Gasteiger partial charge in [0.2, 0.25) is 0 Å². The highest BCUT2D eigenvalue weighted by Gasteiger charge is 2.20. The Kier molecular flexibility index (Phi) is 4.95. The SMILES string of the molecule is CCC(C(=O)O)N(N)CCc1ccccc1. The quantitative estimate of drug-likeness (QED) is 0.562. The Morgan fingerprint density at radius 3 is 2.56 bits per heavy atom. The maximum Gasteiger partial charge on any atom is 0.322 e. The zero-order valence-electron chi connectivity index (χ0n) is 9.47. The highest BCUT2D eigenvalue weighted by molar-refractivity contribution is 5.73. The Morgan fingerprint density at radius 2 is 2.06 bits per heavy atom. The van der Waals surface area contributed by atoms with Crippen LogP contribution in [0.25, 0.3) is 0 Å². The minimum Gasteiger partial charge on any atom is -0.480 e. The van der Waals surface area contributed by atoms with E-state index in [1.165, 1.54) is 5.01 Å². The minimum atomic E-state index is -0.863. The molecule has 0 saturated heterocycles. The Labute approximate surface area is 95.6 Å². The number of rotatable bonds is 6. The molecule has 0 saturated carbocycles. The fourth-order valence-corrected chi connectivity index (χ4v) is 1.61. The predicted octanol–water partition coefficient (Wildman–Crippen LogP) is 1.27. The molecule has 1 aromatic carbocycles. The number of carbonyl (C=O) groups is 1. The van der Waals surface area contributed by atoms with Gasteiger partial charge in [-0.2, -0.15) is 0 Å². The molecule has 0 fully saturated rings. The number of nitrogens with zero attached hydrogens (tertiary/aromatic N) is 1. The average molecular weight is 222 g/mol. The number of carboxylic acids is 1. The Morgan fingerprint density at radius 1 is 1.44 bits per heavy atom. The minimum absolute atomic E-state index is 0.515. The highest BCUT2D eigenvalue weighted by Crippen LogP contribution is 2.04. The normalized spacial score (nSPS) is 12.7. The Balaban J connectivity index is 2.46. The summed E-state index contributed by atoms with van der Waals surface area (Å²) in [6.45, 7) is 2.37. The van der Waals surface area contributed by atoms with E-state index in [0.29, 0.717) is 13.0 Å². The Hall–Kier alpha value is -1.39. The van der Waals surface area contributed by atoms with E-state index >= 15 is 0 Å². The van der Waals surface area contributed by atoms with Crippen molar-refractivity contribution in [1.29, 1.82) is 0 Å². The second-order valence-electron chi connectivity index (χ2n) is 3.74. The molecule has 0 spiro atoms. The third-order valence-electron chi connectivity index (χ3n) is 2.57. The fraction of sp³-hybridized carbons (Fsp3) is 0.417. The molecule has 1 atom stereocenters. The van der Waals surface area contributed by atoms with E-state index < -0.39 is 12.0 Å². The van der Waals surface area contributed by atoms with Gasteiger partial charge in [-0.25, -0.2) is 5.01 Å². The van der Waals surface area contributed by atoms with E-state index in [1.807, 2.05) is 37.3 Å². The third-order valence-corrected chi connectivity index (χ3v) is 2.57. The smallest absolute Gasteiger partial charge is 0.322 e. The number of benzene rings is 1. The molecule has 0 aromatic heterocycles. The first kappa shape index (κ1) is 12.7. The second kappa shape index (κ2) is 6.25. The molecule has 0 heterocycles. The van der Waals surface area contributed by atoms with Crippen LogP contribution in [0.1, 0.15) is 18.9 Å². The molecule has 88 valence electrons. The summed E-state index contributed by atoms with van der Waals surface area (Å²) in [5.41, 5.74) is 1.16. The Bertz CT molecular complexity index is 327. The molecule has 3 N–H and O–H groups in total. The fourth-order valence-electron chi connectivity index (χ4n) is 1.61.